The number of thiazole rings is 1. The Bertz CT molecular complexity index is 291. The van der Waals surface area contributed by atoms with E-state index in [1.54, 1.807) is 11.3 Å². The van der Waals surface area contributed by atoms with Crippen LogP contribution in [0.25, 0.3) is 0 Å². The Morgan fingerprint density at radius 2 is 2.46 bits per heavy atom. The lowest BCUT2D eigenvalue weighted by atomic mass is 10.1. The van der Waals surface area contributed by atoms with Crippen LogP contribution in [0.1, 0.15) is 30.6 Å². The summed E-state index contributed by atoms with van der Waals surface area (Å²) in [4.78, 5) is 4.45. The van der Waals surface area contributed by atoms with Crippen molar-refractivity contribution >= 4 is 11.3 Å². The second-order valence-corrected chi connectivity index (χ2v) is 4.19. The van der Waals surface area contributed by atoms with Crippen LogP contribution in [0.5, 0.6) is 0 Å². The summed E-state index contributed by atoms with van der Waals surface area (Å²) in [5.41, 5.74) is 2.21. The number of likely N-dealkylation sites (N-methyl/N-ethyl adjacent to an activating group) is 1. The van der Waals surface area contributed by atoms with Crippen LogP contribution in [-0.4, -0.2) is 11.5 Å². The van der Waals surface area contributed by atoms with Crippen LogP contribution in [-0.2, 0) is 0 Å². The number of hydrogen-bond acceptors (Lipinski definition) is 3. The van der Waals surface area contributed by atoms with Gasteiger partial charge in [0.2, 0.25) is 0 Å². The standard InChI is InChI=1S/C10H16N2S/c1-5-11-10(7(2)3)9-6-13-8(4)12-9/h6,10-11H,2,5H2,1,3-4H3. The van der Waals surface area contributed by atoms with E-state index >= 15 is 0 Å². The first-order valence-corrected chi connectivity index (χ1v) is 5.34. The van der Waals surface area contributed by atoms with Crippen molar-refractivity contribution in [1.82, 2.24) is 10.3 Å². The number of nitrogens with one attached hydrogen (secondary N) is 1. The summed E-state index contributed by atoms with van der Waals surface area (Å²) in [5.74, 6) is 0. The van der Waals surface area contributed by atoms with Gasteiger partial charge in [-0.1, -0.05) is 19.1 Å². The van der Waals surface area contributed by atoms with E-state index in [4.69, 9.17) is 0 Å². The molecule has 3 heteroatoms. The molecule has 1 heterocycles. The van der Waals surface area contributed by atoms with E-state index in [2.05, 4.69) is 29.2 Å². The van der Waals surface area contributed by atoms with Crippen LogP contribution in [0.15, 0.2) is 17.5 Å². The molecule has 0 saturated carbocycles. The molecule has 0 spiro atoms. The molecule has 0 radical (unpaired) electrons. The van der Waals surface area contributed by atoms with Crippen molar-refractivity contribution < 1.29 is 0 Å². The van der Waals surface area contributed by atoms with Crippen LogP contribution in [0, 0.1) is 6.92 Å². The lowest BCUT2D eigenvalue weighted by molar-refractivity contribution is 0.609. The van der Waals surface area contributed by atoms with Gasteiger partial charge in [-0.2, -0.15) is 0 Å². The Balaban J connectivity index is 2.81. The molecule has 1 N–H and O–H groups in total. The Morgan fingerprint density at radius 1 is 1.77 bits per heavy atom. The minimum absolute atomic E-state index is 0.218. The van der Waals surface area contributed by atoms with Crippen molar-refractivity contribution in [3.63, 3.8) is 0 Å². The molecule has 1 aromatic heterocycles. The van der Waals surface area contributed by atoms with E-state index in [0.717, 1.165) is 22.8 Å². The quantitative estimate of drug-likeness (QED) is 0.749. The molecule has 0 aliphatic rings. The first-order valence-electron chi connectivity index (χ1n) is 4.46. The maximum absolute atomic E-state index is 4.45. The van der Waals surface area contributed by atoms with Crippen LogP contribution in [0.2, 0.25) is 0 Å². The molecule has 0 fully saturated rings. The zero-order valence-corrected chi connectivity index (χ0v) is 9.24. The van der Waals surface area contributed by atoms with Gasteiger partial charge in [-0.25, -0.2) is 4.98 Å². The van der Waals surface area contributed by atoms with E-state index in [-0.39, 0.29) is 6.04 Å². The van der Waals surface area contributed by atoms with Crippen molar-refractivity contribution in [2.24, 2.45) is 0 Å². The topological polar surface area (TPSA) is 24.9 Å². The Labute approximate surface area is 83.7 Å². The summed E-state index contributed by atoms with van der Waals surface area (Å²) >= 11 is 1.68. The smallest absolute Gasteiger partial charge is 0.0898 e. The zero-order chi connectivity index (χ0) is 9.84. The van der Waals surface area contributed by atoms with Crippen molar-refractivity contribution in [1.29, 1.82) is 0 Å². The lowest BCUT2D eigenvalue weighted by Gasteiger charge is -2.15. The van der Waals surface area contributed by atoms with Gasteiger partial charge in [-0.3, -0.25) is 0 Å². The van der Waals surface area contributed by atoms with Gasteiger partial charge in [0, 0.05) is 5.38 Å². The predicted molar refractivity (Wildman–Crippen MR) is 58.1 cm³/mol. The average molecular weight is 196 g/mol. The highest BCUT2D eigenvalue weighted by atomic mass is 32.1. The van der Waals surface area contributed by atoms with Gasteiger partial charge in [0.15, 0.2) is 0 Å². The van der Waals surface area contributed by atoms with Crippen LogP contribution in [0.3, 0.4) is 0 Å². The summed E-state index contributed by atoms with van der Waals surface area (Å²) in [6, 6.07) is 0.218. The predicted octanol–water partition coefficient (Wildman–Crippen LogP) is 2.68. The van der Waals surface area contributed by atoms with E-state index < -0.39 is 0 Å². The van der Waals surface area contributed by atoms with E-state index in [9.17, 15) is 0 Å². The van der Waals surface area contributed by atoms with Gasteiger partial charge >= 0.3 is 0 Å². The summed E-state index contributed by atoms with van der Waals surface area (Å²) in [5, 5.41) is 6.56. The SMILES string of the molecule is C=C(C)C(NCC)c1csc(C)n1. The fraction of sp³-hybridized carbons (Fsp3) is 0.500. The summed E-state index contributed by atoms with van der Waals surface area (Å²) in [6.45, 7) is 11.0. The molecule has 0 aromatic carbocycles. The van der Waals surface area contributed by atoms with E-state index in [1.165, 1.54) is 0 Å². The fourth-order valence-electron chi connectivity index (χ4n) is 1.25. The lowest BCUT2D eigenvalue weighted by Crippen LogP contribution is -2.21. The van der Waals surface area contributed by atoms with Gasteiger partial charge in [0.25, 0.3) is 0 Å². The maximum atomic E-state index is 4.45. The van der Waals surface area contributed by atoms with Crippen molar-refractivity contribution in [3.8, 4) is 0 Å². The Morgan fingerprint density at radius 3 is 2.85 bits per heavy atom. The normalized spacial score (nSPS) is 12.8. The third-order valence-corrected chi connectivity index (χ3v) is 2.63. The third kappa shape index (κ3) is 2.64. The molecule has 0 aliphatic carbocycles. The minimum atomic E-state index is 0.218. The molecule has 1 atom stereocenters. The summed E-state index contributed by atoms with van der Waals surface area (Å²) in [7, 11) is 0. The van der Waals surface area contributed by atoms with Gasteiger partial charge in [0.1, 0.15) is 0 Å². The number of aromatic nitrogens is 1. The van der Waals surface area contributed by atoms with Crippen molar-refractivity contribution in [2.75, 3.05) is 6.54 Å². The van der Waals surface area contributed by atoms with E-state index in [1.807, 2.05) is 13.8 Å². The molecular formula is C10H16N2S. The molecule has 1 rings (SSSR count). The Kier molecular flexibility index (Phi) is 3.63. The maximum Gasteiger partial charge on any atom is 0.0898 e. The number of rotatable bonds is 4. The minimum Gasteiger partial charge on any atom is -0.306 e. The number of aryl methyl sites for hydroxylation is 1. The fourth-order valence-corrected chi connectivity index (χ4v) is 1.89. The molecule has 72 valence electrons. The highest BCUT2D eigenvalue weighted by Crippen LogP contribution is 2.21. The molecule has 0 amide bonds. The van der Waals surface area contributed by atoms with Crippen LogP contribution >= 0.6 is 11.3 Å². The molecule has 0 aliphatic heterocycles. The second-order valence-electron chi connectivity index (χ2n) is 3.13. The first kappa shape index (κ1) is 10.4. The summed E-state index contributed by atoms with van der Waals surface area (Å²) < 4.78 is 0. The zero-order valence-electron chi connectivity index (χ0n) is 8.42. The number of hydrogen-bond donors (Lipinski definition) is 1. The molecule has 13 heavy (non-hydrogen) atoms. The molecule has 0 saturated heterocycles. The molecule has 0 bridgehead atoms. The molecular weight excluding hydrogens is 180 g/mol. The highest BCUT2D eigenvalue weighted by Gasteiger charge is 2.13. The Hall–Kier alpha value is -0.670. The van der Waals surface area contributed by atoms with Gasteiger partial charge < -0.3 is 5.32 Å². The third-order valence-electron chi connectivity index (χ3n) is 1.83. The molecule has 1 aromatic rings. The highest BCUT2D eigenvalue weighted by molar-refractivity contribution is 7.09. The molecule has 1 unspecified atom stereocenters. The van der Waals surface area contributed by atoms with Gasteiger partial charge in [-0.05, 0) is 20.4 Å². The van der Waals surface area contributed by atoms with Gasteiger partial charge in [-0.15, -0.1) is 11.3 Å². The largest absolute Gasteiger partial charge is 0.306 e. The second kappa shape index (κ2) is 4.53. The number of nitrogens with zero attached hydrogens (tertiary/aromatic N) is 1. The first-order chi connectivity index (χ1) is 6.15. The molecule has 2 nitrogen and oxygen atoms in total. The monoisotopic (exact) mass is 196 g/mol. The summed E-state index contributed by atoms with van der Waals surface area (Å²) in [6.07, 6.45) is 0. The van der Waals surface area contributed by atoms with Crippen LogP contribution < -0.4 is 5.32 Å². The van der Waals surface area contributed by atoms with E-state index in [0.29, 0.717) is 0 Å². The van der Waals surface area contributed by atoms with Crippen molar-refractivity contribution in [2.45, 2.75) is 26.8 Å². The average Bonchev–Trinajstić information content (AvgIpc) is 2.46. The van der Waals surface area contributed by atoms with Crippen LogP contribution in [0.4, 0.5) is 0 Å². The van der Waals surface area contributed by atoms with Crippen molar-refractivity contribution in [3.05, 3.63) is 28.2 Å². The van der Waals surface area contributed by atoms with Gasteiger partial charge in [0.05, 0.1) is 16.7 Å².